The van der Waals surface area contributed by atoms with Gasteiger partial charge in [-0.25, -0.2) is 4.52 Å². The fraction of sp³-hybridized carbons (Fsp3) is 0.0909. The number of Topliss-reactive ketones (excluding diaryl/α,β-unsaturated/α-hetero) is 1. The lowest BCUT2D eigenvalue weighted by atomic mass is 10.1. The van der Waals surface area contributed by atoms with Crippen molar-refractivity contribution in [1.29, 1.82) is 0 Å². The van der Waals surface area contributed by atoms with E-state index >= 15 is 0 Å². The number of carbonyl (C=O) groups excluding carboxylic acids is 1. The Hall–Kier alpha value is -2.08. The number of fused-ring (bicyclic) bond motifs is 1. The molecule has 0 saturated heterocycles. The van der Waals surface area contributed by atoms with Crippen LogP contribution in [0.1, 0.15) is 15.2 Å². The number of hydrogen-bond acceptors (Lipinski definition) is 5. The molecule has 0 saturated carbocycles. The number of thiazole rings is 1. The van der Waals surface area contributed by atoms with Crippen molar-refractivity contribution in [2.45, 2.75) is 6.42 Å². The molecule has 3 rings (SSSR count). The molecule has 0 unspecified atom stereocenters. The van der Waals surface area contributed by atoms with E-state index in [9.17, 15) is 4.79 Å². The molecule has 0 amide bonds. The average Bonchev–Trinajstić information content (AvgIpc) is 2.96. The van der Waals surface area contributed by atoms with Crippen molar-refractivity contribution in [2.24, 2.45) is 0 Å². The molecule has 0 bridgehead atoms. The lowest BCUT2D eigenvalue weighted by molar-refractivity contribution is 0.0995. The van der Waals surface area contributed by atoms with Crippen LogP contribution in [0.25, 0.3) is 5.52 Å². The molecule has 0 aliphatic rings. The molecule has 5 nitrogen and oxygen atoms in total. The van der Waals surface area contributed by atoms with Crippen LogP contribution in [0.2, 0.25) is 0 Å². The maximum absolute atomic E-state index is 12.1. The van der Waals surface area contributed by atoms with Gasteiger partial charge >= 0.3 is 0 Å². The third-order valence-corrected chi connectivity index (χ3v) is 3.22. The molecule has 0 fully saturated rings. The summed E-state index contributed by atoms with van der Waals surface area (Å²) < 4.78 is 1.65. The van der Waals surface area contributed by atoms with Crippen molar-refractivity contribution in [1.82, 2.24) is 19.6 Å². The second kappa shape index (κ2) is 4.06. The SMILES string of the molecule is O=C(Cc1cncs1)c1cnn2ccncc12. The van der Waals surface area contributed by atoms with Gasteiger partial charge in [0.05, 0.1) is 29.0 Å². The number of rotatable bonds is 3. The van der Waals surface area contributed by atoms with Crippen LogP contribution >= 0.6 is 11.3 Å². The Bertz CT molecular complexity index is 659. The maximum atomic E-state index is 12.1. The minimum absolute atomic E-state index is 0.0391. The molecule has 3 heterocycles. The molecule has 0 N–H and O–H groups in total. The molecule has 3 aromatic heterocycles. The van der Waals surface area contributed by atoms with E-state index in [4.69, 9.17) is 0 Å². The van der Waals surface area contributed by atoms with Gasteiger partial charge in [0.1, 0.15) is 0 Å². The molecular weight excluding hydrogens is 236 g/mol. The molecular formula is C11H8N4OS. The minimum Gasteiger partial charge on any atom is -0.294 e. The van der Waals surface area contributed by atoms with Crippen molar-refractivity contribution in [3.63, 3.8) is 0 Å². The molecule has 0 atom stereocenters. The third kappa shape index (κ3) is 1.83. The topological polar surface area (TPSA) is 60.2 Å². The summed E-state index contributed by atoms with van der Waals surface area (Å²) in [6.07, 6.45) is 8.66. The highest BCUT2D eigenvalue weighted by atomic mass is 32.1. The quantitative estimate of drug-likeness (QED) is 0.657. The molecule has 0 radical (unpaired) electrons. The largest absolute Gasteiger partial charge is 0.294 e. The van der Waals surface area contributed by atoms with Gasteiger partial charge in [0.2, 0.25) is 0 Å². The molecule has 84 valence electrons. The number of ketones is 1. The zero-order chi connectivity index (χ0) is 11.7. The second-order valence-corrected chi connectivity index (χ2v) is 4.50. The number of hydrogen-bond donors (Lipinski definition) is 0. The van der Waals surface area contributed by atoms with Crippen LogP contribution in [0.5, 0.6) is 0 Å². The Morgan fingerprint density at radius 1 is 1.29 bits per heavy atom. The summed E-state index contributed by atoms with van der Waals surface area (Å²) in [5, 5.41) is 4.11. The monoisotopic (exact) mass is 244 g/mol. The van der Waals surface area contributed by atoms with Crippen molar-refractivity contribution < 1.29 is 4.79 Å². The Labute approximate surface area is 101 Å². The second-order valence-electron chi connectivity index (χ2n) is 3.53. The zero-order valence-corrected chi connectivity index (χ0v) is 9.59. The van der Waals surface area contributed by atoms with E-state index in [0.717, 1.165) is 10.4 Å². The Morgan fingerprint density at radius 2 is 2.24 bits per heavy atom. The molecule has 0 aliphatic heterocycles. The van der Waals surface area contributed by atoms with Gasteiger partial charge in [0.15, 0.2) is 5.78 Å². The number of aromatic nitrogens is 4. The van der Waals surface area contributed by atoms with Gasteiger partial charge in [-0.3, -0.25) is 14.8 Å². The van der Waals surface area contributed by atoms with Gasteiger partial charge < -0.3 is 0 Å². The van der Waals surface area contributed by atoms with Crippen LogP contribution in [-0.2, 0) is 6.42 Å². The van der Waals surface area contributed by atoms with E-state index < -0.39 is 0 Å². The van der Waals surface area contributed by atoms with Crippen molar-refractivity contribution in [3.05, 3.63) is 46.9 Å². The van der Waals surface area contributed by atoms with Crippen molar-refractivity contribution in [3.8, 4) is 0 Å². The summed E-state index contributed by atoms with van der Waals surface area (Å²) in [5.74, 6) is 0.0391. The van der Waals surface area contributed by atoms with Gasteiger partial charge in [0.25, 0.3) is 0 Å². The predicted octanol–water partition coefficient (Wildman–Crippen LogP) is 1.61. The number of carbonyl (C=O) groups is 1. The molecule has 6 heteroatoms. The molecule has 3 aromatic rings. The lowest BCUT2D eigenvalue weighted by Crippen LogP contribution is -2.02. The minimum atomic E-state index is 0.0391. The van der Waals surface area contributed by atoms with Crippen molar-refractivity contribution in [2.75, 3.05) is 0 Å². The first-order chi connectivity index (χ1) is 8.34. The van der Waals surface area contributed by atoms with Gasteiger partial charge in [0, 0.05) is 29.9 Å². The zero-order valence-electron chi connectivity index (χ0n) is 8.78. The first kappa shape index (κ1) is 10.1. The van der Waals surface area contributed by atoms with Gasteiger partial charge in [-0.2, -0.15) is 5.10 Å². The highest BCUT2D eigenvalue weighted by Gasteiger charge is 2.13. The lowest BCUT2D eigenvalue weighted by Gasteiger charge is -1.96. The van der Waals surface area contributed by atoms with Crippen LogP contribution in [0.15, 0.2) is 36.5 Å². The molecule has 17 heavy (non-hydrogen) atoms. The van der Waals surface area contributed by atoms with Gasteiger partial charge in [-0.1, -0.05) is 0 Å². The molecule has 0 spiro atoms. The molecule has 0 aliphatic carbocycles. The fourth-order valence-electron chi connectivity index (χ4n) is 1.63. The van der Waals surface area contributed by atoms with Crippen molar-refractivity contribution >= 4 is 22.6 Å². The number of nitrogens with zero attached hydrogens (tertiary/aromatic N) is 4. The normalized spacial score (nSPS) is 10.8. The average molecular weight is 244 g/mol. The van der Waals surface area contributed by atoms with Crippen LogP contribution in [0, 0.1) is 0 Å². The first-order valence-corrected chi connectivity index (χ1v) is 5.90. The van der Waals surface area contributed by atoms with Gasteiger partial charge in [-0.15, -0.1) is 11.3 Å². The Kier molecular flexibility index (Phi) is 2.41. The van der Waals surface area contributed by atoms with E-state index in [2.05, 4.69) is 15.1 Å². The third-order valence-electron chi connectivity index (χ3n) is 2.44. The van der Waals surface area contributed by atoms with E-state index in [1.165, 1.54) is 11.3 Å². The highest BCUT2D eigenvalue weighted by Crippen LogP contribution is 2.14. The van der Waals surface area contributed by atoms with Crippen LogP contribution in [0.4, 0.5) is 0 Å². The smallest absolute Gasteiger partial charge is 0.171 e. The van der Waals surface area contributed by atoms with E-state index in [-0.39, 0.29) is 5.78 Å². The fourth-order valence-corrected chi connectivity index (χ4v) is 2.23. The summed E-state index contributed by atoms with van der Waals surface area (Å²) in [7, 11) is 0. The summed E-state index contributed by atoms with van der Waals surface area (Å²) in [6.45, 7) is 0. The summed E-state index contributed by atoms with van der Waals surface area (Å²) in [5.41, 5.74) is 3.06. The summed E-state index contributed by atoms with van der Waals surface area (Å²) >= 11 is 1.48. The molecule has 0 aromatic carbocycles. The standard InChI is InChI=1S/C11H8N4OS/c16-11(3-8-4-13-7-17-8)9-5-14-15-2-1-12-6-10(9)15/h1-2,4-7H,3H2. The summed E-state index contributed by atoms with van der Waals surface area (Å²) in [6, 6.07) is 0. The van der Waals surface area contributed by atoms with E-state index in [1.54, 1.807) is 41.0 Å². The van der Waals surface area contributed by atoms with Crippen LogP contribution in [0.3, 0.4) is 0 Å². The van der Waals surface area contributed by atoms with Gasteiger partial charge in [-0.05, 0) is 0 Å². The summed E-state index contributed by atoms with van der Waals surface area (Å²) in [4.78, 5) is 21.0. The highest BCUT2D eigenvalue weighted by molar-refractivity contribution is 7.09. The first-order valence-electron chi connectivity index (χ1n) is 5.02. The Balaban J connectivity index is 1.96. The van der Waals surface area contributed by atoms with E-state index in [1.807, 2.05) is 0 Å². The van der Waals surface area contributed by atoms with Crippen LogP contribution < -0.4 is 0 Å². The maximum Gasteiger partial charge on any atom is 0.171 e. The van der Waals surface area contributed by atoms with Crippen LogP contribution in [-0.4, -0.2) is 25.4 Å². The predicted molar refractivity (Wildman–Crippen MR) is 63.1 cm³/mol. The van der Waals surface area contributed by atoms with E-state index in [0.29, 0.717) is 12.0 Å². The Morgan fingerprint density at radius 3 is 3.06 bits per heavy atom.